The van der Waals surface area contributed by atoms with Crippen molar-refractivity contribution in [3.05, 3.63) is 35.4 Å². The molecule has 2 nitrogen and oxygen atoms in total. The minimum absolute atomic E-state index is 0.473. The molecule has 1 fully saturated rings. The van der Waals surface area contributed by atoms with Crippen LogP contribution in [-0.4, -0.2) is 19.3 Å². The van der Waals surface area contributed by atoms with E-state index in [0.29, 0.717) is 12.1 Å². The van der Waals surface area contributed by atoms with Crippen LogP contribution in [0.15, 0.2) is 24.3 Å². The molecule has 2 heteroatoms. The van der Waals surface area contributed by atoms with Gasteiger partial charge in [0.1, 0.15) is 0 Å². The zero-order valence-corrected chi connectivity index (χ0v) is 11.6. The normalized spacial score (nSPS) is 21.1. The lowest BCUT2D eigenvalue weighted by Gasteiger charge is -2.21. The Morgan fingerprint density at radius 2 is 2.22 bits per heavy atom. The number of hydrogen-bond donors (Lipinski definition) is 1. The number of aryl methyl sites for hydroxylation is 1. The van der Waals surface area contributed by atoms with Crippen molar-refractivity contribution < 1.29 is 4.74 Å². The van der Waals surface area contributed by atoms with Gasteiger partial charge in [-0.1, -0.05) is 31.2 Å². The van der Waals surface area contributed by atoms with Gasteiger partial charge in [-0.2, -0.15) is 0 Å². The third kappa shape index (κ3) is 3.56. The third-order valence-electron chi connectivity index (χ3n) is 3.82. The fourth-order valence-corrected chi connectivity index (χ4v) is 2.82. The molecule has 1 heterocycles. The highest BCUT2D eigenvalue weighted by atomic mass is 16.5. The van der Waals surface area contributed by atoms with Crippen molar-refractivity contribution >= 4 is 0 Å². The molecule has 0 radical (unpaired) electrons. The van der Waals surface area contributed by atoms with Crippen LogP contribution < -0.4 is 5.32 Å². The number of rotatable bonds is 6. The Labute approximate surface area is 111 Å². The third-order valence-corrected chi connectivity index (χ3v) is 3.82. The molecule has 18 heavy (non-hydrogen) atoms. The van der Waals surface area contributed by atoms with E-state index in [1.54, 1.807) is 0 Å². The standard InChI is InChI=1S/C16H25NO/c1-3-17-16(11-10-14-8-6-12-18-14)15-9-5-4-7-13(15)2/h4-5,7,9,14,16-17H,3,6,8,10-12H2,1-2H3. The summed E-state index contributed by atoms with van der Waals surface area (Å²) in [4.78, 5) is 0. The van der Waals surface area contributed by atoms with Crippen molar-refractivity contribution in [3.63, 3.8) is 0 Å². The molecule has 0 spiro atoms. The van der Waals surface area contributed by atoms with E-state index in [4.69, 9.17) is 4.74 Å². The second-order valence-electron chi connectivity index (χ2n) is 5.18. The van der Waals surface area contributed by atoms with Crippen LogP contribution in [0.2, 0.25) is 0 Å². The van der Waals surface area contributed by atoms with Crippen LogP contribution in [0.25, 0.3) is 0 Å². The molecule has 2 unspecified atom stereocenters. The van der Waals surface area contributed by atoms with E-state index < -0.39 is 0 Å². The smallest absolute Gasteiger partial charge is 0.0576 e. The second kappa shape index (κ2) is 6.91. The van der Waals surface area contributed by atoms with E-state index in [9.17, 15) is 0 Å². The summed E-state index contributed by atoms with van der Waals surface area (Å²) in [6, 6.07) is 9.17. The van der Waals surface area contributed by atoms with Gasteiger partial charge in [-0.05, 0) is 50.3 Å². The van der Waals surface area contributed by atoms with Gasteiger partial charge in [0, 0.05) is 12.6 Å². The van der Waals surface area contributed by atoms with Crippen LogP contribution in [0.5, 0.6) is 0 Å². The molecule has 1 aromatic carbocycles. The van der Waals surface area contributed by atoms with Gasteiger partial charge in [-0.25, -0.2) is 0 Å². The predicted octanol–water partition coefficient (Wildman–Crippen LogP) is 3.60. The molecular formula is C16H25NO. The summed E-state index contributed by atoms with van der Waals surface area (Å²) in [6.07, 6.45) is 5.32. The first kappa shape index (κ1) is 13.6. The SMILES string of the molecule is CCNC(CCC1CCCO1)c1ccccc1C. The average Bonchev–Trinajstić information content (AvgIpc) is 2.88. The highest BCUT2D eigenvalue weighted by molar-refractivity contribution is 5.28. The van der Waals surface area contributed by atoms with Crippen LogP contribution in [0.3, 0.4) is 0 Å². The van der Waals surface area contributed by atoms with E-state index in [1.165, 1.54) is 36.8 Å². The Morgan fingerprint density at radius 1 is 1.39 bits per heavy atom. The first-order valence-corrected chi connectivity index (χ1v) is 7.21. The van der Waals surface area contributed by atoms with Crippen molar-refractivity contribution in [2.45, 2.75) is 51.7 Å². The Bertz CT molecular complexity index is 358. The molecule has 2 atom stereocenters. The molecule has 1 N–H and O–H groups in total. The molecule has 0 aliphatic carbocycles. The van der Waals surface area contributed by atoms with Gasteiger partial charge >= 0.3 is 0 Å². The first-order valence-electron chi connectivity index (χ1n) is 7.21. The summed E-state index contributed by atoms with van der Waals surface area (Å²) in [6.45, 7) is 6.36. The average molecular weight is 247 g/mol. The Balaban J connectivity index is 1.96. The summed E-state index contributed by atoms with van der Waals surface area (Å²) in [5.41, 5.74) is 2.83. The van der Waals surface area contributed by atoms with Gasteiger partial charge in [0.2, 0.25) is 0 Å². The summed E-state index contributed by atoms with van der Waals surface area (Å²) >= 11 is 0. The maximum Gasteiger partial charge on any atom is 0.0576 e. The highest BCUT2D eigenvalue weighted by Gasteiger charge is 2.19. The largest absolute Gasteiger partial charge is 0.378 e. The molecule has 0 aromatic heterocycles. The summed E-state index contributed by atoms with van der Waals surface area (Å²) in [5, 5.41) is 3.61. The van der Waals surface area contributed by atoms with E-state index in [-0.39, 0.29) is 0 Å². The van der Waals surface area contributed by atoms with Crippen LogP contribution >= 0.6 is 0 Å². The minimum atomic E-state index is 0.473. The Kier molecular flexibility index (Phi) is 5.21. The zero-order valence-electron chi connectivity index (χ0n) is 11.6. The first-order chi connectivity index (χ1) is 8.81. The van der Waals surface area contributed by atoms with Crippen LogP contribution in [-0.2, 0) is 4.74 Å². The van der Waals surface area contributed by atoms with Crippen LogP contribution in [0.1, 0.15) is 49.8 Å². The lowest BCUT2D eigenvalue weighted by Crippen LogP contribution is -2.23. The lowest BCUT2D eigenvalue weighted by molar-refractivity contribution is 0.0996. The van der Waals surface area contributed by atoms with Crippen molar-refractivity contribution in [2.24, 2.45) is 0 Å². The quantitative estimate of drug-likeness (QED) is 0.829. The van der Waals surface area contributed by atoms with E-state index in [2.05, 4.69) is 43.4 Å². The number of ether oxygens (including phenoxy) is 1. The van der Waals surface area contributed by atoms with Gasteiger partial charge in [0.15, 0.2) is 0 Å². The summed E-state index contributed by atoms with van der Waals surface area (Å²) < 4.78 is 5.72. The number of hydrogen-bond acceptors (Lipinski definition) is 2. The van der Waals surface area contributed by atoms with Gasteiger partial charge in [-0.15, -0.1) is 0 Å². The fraction of sp³-hybridized carbons (Fsp3) is 0.625. The second-order valence-corrected chi connectivity index (χ2v) is 5.18. The monoisotopic (exact) mass is 247 g/mol. The van der Waals surface area contributed by atoms with Crippen molar-refractivity contribution in [1.82, 2.24) is 5.32 Å². The van der Waals surface area contributed by atoms with E-state index in [1.807, 2.05) is 0 Å². The fourth-order valence-electron chi connectivity index (χ4n) is 2.82. The Hall–Kier alpha value is -0.860. The molecule has 1 aromatic rings. The maximum atomic E-state index is 5.72. The maximum absolute atomic E-state index is 5.72. The van der Waals surface area contributed by atoms with Gasteiger partial charge in [-0.3, -0.25) is 0 Å². The molecule has 1 aliphatic heterocycles. The molecule has 1 aliphatic rings. The van der Waals surface area contributed by atoms with E-state index >= 15 is 0 Å². The minimum Gasteiger partial charge on any atom is -0.378 e. The van der Waals surface area contributed by atoms with Crippen LogP contribution in [0, 0.1) is 6.92 Å². The summed E-state index contributed by atoms with van der Waals surface area (Å²) in [7, 11) is 0. The van der Waals surface area contributed by atoms with Gasteiger partial charge < -0.3 is 10.1 Å². The van der Waals surface area contributed by atoms with Crippen molar-refractivity contribution in [3.8, 4) is 0 Å². The molecule has 2 rings (SSSR count). The van der Waals surface area contributed by atoms with Gasteiger partial charge in [0.05, 0.1) is 6.10 Å². The molecule has 0 amide bonds. The molecule has 0 bridgehead atoms. The predicted molar refractivity (Wildman–Crippen MR) is 75.8 cm³/mol. The number of benzene rings is 1. The van der Waals surface area contributed by atoms with Crippen LogP contribution in [0.4, 0.5) is 0 Å². The molecule has 0 saturated carbocycles. The van der Waals surface area contributed by atoms with Crippen molar-refractivity contribution in [1.29, 1.82) is 0 Å². The summed E-state index contributed by atoms with van der Waals surface area (Å²) in [5.74, 6) is 0. The number of nitrogens with one attached hydrogen (secondary N) is 1. The molecule has 100 valence electrons. The van der Waals surface area contributed by atoms with Gasteiger partial charge in [0.25, 0.3) is 0 Å². The molecular weight excluding hydrogens is 222 g/mol. The Morgan fingerprint density at radius 3 is 2.89 bits per heavy atom. The van der Waals surface area contributed by atoms with E-state index in [0.717, 1.165) is 13.2 Å². The van der Waals surface area contributed by atoms with Crippen molar-refractivity contribution in [2.75, 3.05) is 13.2 Å². The topological polar surface area (TPSA) is 21.3 Å². The lowest BCUT2D eigenvalue weighted by atomic mass is 9.96. The highest BCUT2D eigenvalue weighted by Crippen LogP contribution is 2.25. The molecule has 1 saturated heterocycles. The zero-order chi connectivity index (χ0) is 12.8.